The lowest BCUT2D eigenvalue weighted by atomic mass is 10.2. The van der Waals surface area contributed by atoms with Gasteiger partial charge in [0.25, 0.3) is 20.2 Å². The molecular weight excluding hydrogens is 384 g/mol. The van der Waals surface area contributed by atoms with Crippen molar-refractivity contribution in [1.29, 1.82) is 0 Å². The quantitative estimate of drug-likeness (QED) is 0.623. The standard InChI is InChI=1S/C11H16N2O8S3/c1-22(14,15)13-6-4-12(5-7-13)10-3-2-9(23(16,17)18)8-11(10)24(19,20)21/h2-3,8H,4-7H2,1H3,(H,16,17,18)(H,19,20,21). The monoisotopic (exact) mass is 400 g/mol. The maximum atomic E-state index is 11.5. The van der Waals surface area contributed by atoms with Gasteiger partial charge in [-0.05, 0) is 18.2 Å². The van der Waals surface area contributed by atoms with Crippen LogP contribution in [0.1, 0.15) is 0 Å². The van der Waals surface area contributed by atoms with Gasteiger partial charge in [-0.2, -0.15) is 21.1 Å². The highest BCUT2D eigenvalue weighted by molar-refractivity contribution is 7.88. The van der Waals surface area contributed by atoms with Crippen LogP contribution in [-0.2, 0) is 30.3 Å². The van der Waals surface area contributed by atoms with Crippen LogP contribution < -0.4 is 4.90 Å². The van der Waals surface area contributed by atoms with Gasteiger partial charge in [0.15, 0.2) is 0 Å². The molecule has 2 N–H and O–H groups in total. The molecular formula is C11H16N2O8S3. The van der Waals surface area contributed by atoms with Gasteiger partial charge in [0.05, 0.1) is 16.8 Å². The molecule has 24 heavy (non-hydrogen) atoms. The summed E-state index contributed by atoms with van der Waals surface area (Å²) in [4.78, 5) is 0.164. The van der Waals surface area contributed by atoms with Crippen molar-refractivity contribution in [3.63, 3.8) is 0 Å². The predicted molar refractivity (Wildman–Crippen MR) is 84.7 cm³/mol. The first-order valence-corrected chi connectivity index (χ1v) is 11.3. The van der Waals surface area contributed by atoms with Crippen LogP contribution in [0.2, 0.25) is 0 Å². The third-order valence-corrected chi connectivity index (χ3v) is 6.59. The Labute approximate surface area is 140 Å². The Bertz CT molecular complexity index is 945. The number of benzene rings is 1. The molecule has 1 aliphatic rings. The van der Waals surface area contributed by atoms with Crippen molar-refractivity contribution in [3.8, 4) is 0 Å². The smallest absolute Gasteiger partial charge is 0.296 e. The number of hydrogen-bond acceptors (Lipinski definition) is 7. The van der Waals surface area contributed by atoms with Crippen molar-refractivity contribution >= 4 is 35.9 Å². The lowest BCUT2D eigenvalue weighted by molar-refractivity contribution is 0.386. The fourth-order valence-electron chi connectivity index (χ4n) is 2.38. The summed E-state index contributed by atoms with van der Waals surface area (Å²) in [6, 6.07) is 2.80. The fourth-order valence-corrected chi connectivity index (χ4v) is 4.53. The highest BCUT2D eigenvalue weighted by Gasteiger charge is 2.28. The number of anilines is 1. The third-order valence-electron chi connectivity index (χ3n) is 3.56. The molecule has 0 radical (unpaired) electrons. The van der Waals surface area contributed by atoms with Gasteiger partial charge >= 0.3 is 0 Å². The zero-order valence-electron chi connectivity index (χ0n) is 12.5. The number of rotatable bonds is 4. The van der Waals surface area contributed by atoms with Gasteiger partial charge in [0, 0.05) is 26.2 Å². The summed E-state index contributed by atoms with van der Waals surface area (Å²) in [7, 11) is -12.8. The van der Waals surface area contributed by atoms with E-state index in [1.54, 1.807) is 0 Å². The molecule has 0 bridgehead atoms. The normalized spacial score (nSPS) is 17.9. The summed E-state index contributed by atoms with van der Waals surface area (Å²) in [6.45, 7) is 0.537. The third kappa shape index (κ3) is 4.23. The maximum absolute atomic E-state index is 11.5. The Morgan fingerprint density at radius 1 is 0.875 bits per heavy atom. The van der Waals surface area contributed by atoms with E-state index >= 15 is 0 Å². The molecule has 0 aromatic heterocycles. The van der Waals surface area contributed by atoms with Crippen LogP contribution >= 0.6 is 0 Å². The first-order chi connectivity index (χ1) is 10.8. The van der Waals surface area contributed by atoms with Crippen LogP contribution in [0.5, 0.6) is 0 Å². The summed E-state index contributed by atoms with van der Waals surface area (Å²) in [6.07, 6.45) is 1.06. The zero-order valence-corrected chi connectivity index (χ0v) is 15.0. The van der Waals surface area contributed by atoms with E-state index in [1.165, 1.54) is 9.21 Å². The van der Waals surface area contributed by atoms with E-state index in [-0.39, 0.29) is 31.9 Å². The van der Waals surface area contributed by atoms with Gasteiger partial charge in [-0.15, -0.1) is 0 Å². The number of piperazine rings is 1. The zero-order chi connectivity index (χ0) is 18.3. The van der Waals surface area contributed by atoms with Gasteiger partial charge in [-0.3, -0.25) is 9.11 Å². The molecule has 0 atom stereocenters. The number of hydrogen-bond donors (Lipinski definition) is 2. The van der Waals surface area contributed by atoms with Gasteiger partial charge < -0.3 is 4.90 Å². The summed E-state index contributed by atoms with van der Waals surface area (Å²) in [5, 5.41) is 0. The lowest BCUT2D eigenvalue weighted by Gasteiger charge is -2.35. The Hall–Kier alpha value is -1.25. The first-order valence-electron chi connectivity index (χ1n) is 6.59. The van der Waals surface area contributed by atoms with Gasteiger partial charge in [0.1, 0.15) is 4.90 Å². The van der Waals surface area contributed by atoms with Crippen LogP contribution in [-0.4, -0.2) is 71.1 Å². The topological polar surface area (TPSA) is 149 Å². The number of nitrogens with zero attached hydrogens (tertiary/aromatic N) is 2. The average molecular weight is 400 g/mol. The molecule has 0 spiro atoms. The predicted octanol–water partition coefficient (Wildman–Crippen LogP) is -0.738. The molecule has 0 aliphatic carbocycles. The Kier molecular flexibility index (Phi) is 4.96. The van der Waals surface area contributed by atoms with E-state index in [1.807, 2.05) is 0 Å². The molecule has 1 saturated heterocycles. The van der Waals surface area contributed by atoms with E-state index < -0.39 is 40.1 Å². The van der Waals surface area contributed by atoms with Crippen LogP contribution in [0.4, 0.5) is 5.69 Å². The molecule has 0 saturated carbocycles. The molecule has 1 aromatic rings. The summed E-state index contributed by atoms with van der Waals surface area (Å²) >= 11 is 0. The molecule has 10 nitrogen and oxygen atoms in total. The second kappa shape index (κ2) is 6.24. The molecule has 13 heteroatoms. The van der Waals surface area contributed by atoms with Crippen LogP contribution in [0.15, 0.2) is 28.0 Å². The summed E-state index contributed by atoms with van der Waals surface area (Å²) in [5.74, 6) is 0. The minimum absolute atomic E-state index is 0.0260. The molecule has 136 valence electrons. The molecule has 2 rings (SSSR count). The van der Waals surface area contributed by atoms with Gasteiger partial charge in [0.2, 0.25) is 10.0 Å². The minimum Gasteiger partial charge on any atom is -0.368 e. The molecule has 0 unspecified atom stereocenters. The Morgan fingerprint density at radius 3 is 1.83 bits per heavy atom. The van der Waals surface area contributed by atoms with Crippen molar-refractivity contribution in [2.75, 3.05) is 37.3 Å². The number of sulfonamides is 1. The maximum Gasteiger partial charge on any atom is 0.296 e. The van der Waals surface area contributed by atoms with Crippen LogP contribution in [0.3, 0.4) is 0 Å². The molecule has 1 aliphatic heterocycles. The molecule has 1 aromatic carbocycles. The summed E-state index contributed by atoms with van der Waals surface area (Å²) in [5.41, 5.74) is 0.0260. The van der Waals surface area contributed by atoms with E-state index in [4.69, 9.17) is 4.55 Å². The van der Waals surface area contributed by atoms with E-state index in [2.05, 4.69) is 0 Å². The lowest BCUT2D eigenvalue weighted by Crippen LogP contribution is -2.48. The van der Waals surface area contributed by atoms with Crippen LogP contribution in [0, 0.1) is 0 Å². The van der Waals surface area contributed by atoms with Crippen LogP contribution in [0.25, 0.3) is 0 Å². The van der Waals surface area contributed by atoms with Gasteiger partial charge in [-0.1, -0.05) is 0 Å². The Morgan fingerprint density at radius 2 is 1.42 bits per heavy atom. The van der Waals surface area contributed by atoms with E-state index in [0.29, 0.717) is 6.07 Å². The van der Waals surface area contributed by atoms with Crippen molar-refractivity contribution in [2.45, 2.75) is 9.79 Å². The van der Waals surface area contributed by atoms with E-state index in [0.717, 1.165) is 18.4 Å². The molecule has 1 heterocycles. The largest absolute Gasteiger partial charge is 0.368 e. The van der Waals surface area contributed by atoms with Crippen molar-refractivity contribution in [2.24, 2.45) is 0 Å². The van der Waals surface area contributed by atoms with Crippen molar-refractivity contribution in [1.82, 2.24) is 4.31 Å². The van der Waals surface area contributed by atoms with E-state index in [9.17, 15) is 29.8 Å². The molecule has 1 fully saturated rings. The van der Waals surface area contributed by atoms with Gasteiger partial charge in [-0.25, -0.2) is 8.42 Å². The highest BCUT2D eigenvalue weighted by atomic mass is 32.2. The minimum atomic E-state index is -4.76. The highest BCUT2D eigenvalue weighted by Crippen LogP contribution is 2.29. The first kappa shape index (κ1) is 19.1. The molecule has 0 amide bonds. The Balaban J connectivity index is 2.42. The average Bonchev–Trinajstić information content (AvgIpc) is 2.44. The second-order valence-electron chi connectivity index (χ2n) is 5.23. The fraction of sp³-hybridized carbons (Fsp3) is 0.455. The SMILES string of the molecule is CS(=O)(=O)N1CCN(c2ccc(S(=O)(=O)O)cc2S(=O)(=O)O)CC1. The second-order valence-corrected chi connectivity index (χ2v) is 10.0. The van der Waals surface area contributed by atoms with Crippen molar-refractivity contribution in [3.05, 3.63) is 18.2 Å². The van der Waals surface area contributed by atoms with Crippen molar-refractivity contribution < 1.29 is 34.4 Å². The summed E-state index contributed by atoms with van der Waals surface area (Å²) < 4.78 is 87.9.